The molecule has 0 saturated heterocycles. The second kappa shape index (κ2) is 0. The molecule has 0 aromatic rings. The van der Waals surface area contributed by atoms with Gasteiger partial charge in [0, 0.05) is 0 Å². The molecule has 0 saturated carbocycles. The molecular formula is C74H236. The second-order valence-corrected chi connectivity index (χ2v) is 0. The zero-order valence-electron chi connectivity index (χ0n) is 60.0. The molecule has 0 heterocycles. The Kier molecular flexibility index (Phi) is 0. The Bertz CT molecular complexity index is 0. The zero-order chi connectivity index (χ0) is 60.0. The van der Waals surface area contributed by atoms with Crippen LogP contribution in [0, 0.1) is 0 Å². The normalized spacial score (nSPS) is 2.43. The standard InChI is InChI=1S/30C2H6.14CH4/c30*1-2;;;;;;;;;;;;;;/h30*1-2H3;14*1H4. The van der Waals surface area contributed by atoms with E-state index in [1.165, 1.54) is 0 Å². The average Bonchev–Trinajstić information content (AvgIpc) is 3.50. The molecule has 0 fully saturated rings. The van der Waals surface area contributed by atoms with Gasteiger partial charge >= 0.3 is 0 Å². The third kappa shape index (κ3) is 0. The Hall–Kier alpha value is 0. The Balaban J connectivity index is -0.00000000298. The molecule has 0 aliphatic heterocycles. The molecule has 0 N–H and O–H groups in total. The van der Waals surface area contributed by atoms with Crippen molar-refractivity contribution >= 4 is 0 Å². The molecule has 74 heavy (non-hydrogen) atoms. The van der Waals surface area contributed by atoms with Gasteiger partial charge in [0.15, 0.2) is 0 Å². The molecule has 0 aliphatic rings. The Labute approximate surface area is 517 Å². The average molecular weight is 1130 g/mol. The van der Waals surface area contributed by atoms with Crippen LogP contribution in [0.3, 0.4) is 0 Å². The minimum Gasteiger partial charge on any atom is -0.0776 e. The van der Waals surface area contributed by atoms with Gasteiger partial charge in [0.05, 0.1) is 0 Å². The van der Waals surface area contributed by atoms with Crippen molar-refractivity contribution in [3.63, 3.8) is 0 Å². The molecule has 0 heteroatoms. The zero-order valence-corrected chi connectivity index (χ0v) is 60.0. The van der Waals surface area contributed by atoms with E-state index in [4.69, 9.17) is 0 Å². The fourth-order valence-electron chi connectivity index (χ4n) is 0. The fourth-order valence-corrected chi connectivity index (χ4v) is 0. The van der Waals surface area contributed by atoms with E-state index >= 15 is 0 Å². The lowest BCUT2D eigenvalue weighted by Crippen LogP contribution is -0.856. The summed E-state index contributed by atoms with van der Waals surface area (Å²) in [5, 5.41) is 0. The van der Waals surface area contributed by atoms with Crippen LogP contribution in [0.4, 0.5) is 0 Å². The molecule has 0 bridgehead atoms. The lowest BCUT2D eigenvalue weighted by molar-refractivity contribution is 1.50. The van der Waals surface area contributed by atoms with Crippen LogP contribution in [0.15, 0.2) is 0 Å². The van der Waals surface area contributed by atoms with Crippen molar-refractivity contribution in [2.75, 3.05) is 0 Å². The molecule has 0 radical (unpaired) electrons. The van der Waals surface area contributed by atoms with Crippen molar-refractivity contribution in [1.29, 1.82) is 0 Å². The number of hydrogen-bond acceptors (Lipinski definition) is 0. The highest BCUT2D eigenvalue weighted by Gasteiger charge is 0.991. The van der Waals surface area contributed by atoms with Crippen LogP contribution in [0.2, 0.25) is 0 Å². The van der Waals surface area contributed by atoms with Crippen LogP contribution >= 0.6 is 0 Å². The smallest absolute Gasteiger partial charge is 0.0683 e. The summed E-state index contributed by atoms with van der Waals surface area (Å²) in [5.74, 6) is 0. The summed E-state index contributed by atoms with van der Waals surface area (Å²) in [7, 11) is 0. The van der Waals surface area contributed by atoms with E-state index in [1.54, 1.807) is 0 Å². The molecule has 0 nitrogen and oxygen atoms in total. The van der Waals surface area contributed by atoms with E-state index in [1.807, 2.05) is 415 Å². The first-order chi connectivity index (χ1) is 30.0. The summed E-state index contributed by atoms with van der Waals surface area (Å²) in [4.78, 5) is 0. The maximum absolute atomic E-state index is 2.00. The molecule has 0 rings (SSSR count). The lowest BCUT2D eigenvalue weighted by atomic mass is 11.0. The van der Waals surface area contributed by atoms with Gasteiger partial charge in [-0.1, -0.05) is 519 Å². The first-order valence-corrected chi connectivity index (χ1v) is 30.0. The van der Waals surface area contributed by atoms with E-state index in [0.717, 1.165) is 0 Å². The van der Waals surface area contributed by atoms with Gasteiger partial charge in [-0.05, 0) is 0 Å². The SMILES string of the molecule is C.C.C.C.C.C.C.C.C.C.C.C.C.C.CC.CC.CC.CC.CC.CC.CC.CC.CC.CC.CC.CC.CC.CC.CC.CC.CC.CC.CC.CC.CC.CC.CC.CC.CC.CC.CC.CC.CC.CC. The Morgan fingerprint density at radius 1 is 0.0405 bits per heavy atom. The fraction of sp³-hybridized carbons (Fsp3) is 1.00. The van der Waals surface area contributed by atoms with Crippen molar-refractivity contribution in [2.24, 2.45) is 0 Å². The highest BCUT2D eigenvalue weighted by Crippen LogP contribution is 1.20. The molecule has 0 aromatic carbocycles. The third-order valence-corrected chi connectivity index (χ3v) is 0. The highest BCUT2D eigenvalue weighted by molar-refractivity contribution is 3.56. The summed E-state index contributed by atoms with van der Waals surface area (Å²) in [5.41, 5.74) is 0. The Morgan fingerprint density at radius 2 is 0.0405 bits per heavy atom. The summed E-state index contributed by atoms with van der Waals surface area (Å²) < 4.78 is 0. The van der Waals surface area contributed by atoms with Crippen molar-refractivity contribution in [3.8, 4) is 0 Å². The largest absolute Gasteiger partial charge is 0.0776 e. The molecular weight excluding hydrogens is 889 g/mol. The first-order valence-electron chi connectivity index (χ1n) is 30.0. The summed E-state index contributed by atoms with van der Waals surface area (Å²) >= 11 is 0. The van der Waals surface area contributed by atoms with Crippen LogP contribution in [0.25, 0.3) is 0 Å². The van der Waals surface area contributed by atoms with Gasteiger partial charge < -0.3 is 0 Å². The highest BCUT2D eigenvalue weighted by atomic mass is 13.1. The molecule has 0 unspecified atom stereocenters. The maximum Gasteiger partial charge on any atom is -0.0683 e. The second-order valence-electron chi connectivity index (χ2n) is 0. The summed E-state index contributed by atoms with van der Waals surface area (Å²) in [6.07, 6.45) is 0. The predicted octanol–water partition coefficient (Wildman–Crippen LogP) is 39.7. The van der Waals surface area contributed by atoms with Gasteiger partial charge in [0.25, 0.3) is 0 Å². The van der Waals surface area contributed by atoms with Gasteiger partial charge in [0.2, 0.25) is 0 Å². The Morgan fingerprint density at radius 3 is 0.0405 bits per heavy atom. The van der Waals surface area contributed by atoms with E-state index in [2.05, 4.69) is 0 Å². The quantitative estimate of drug-likeness (QED) is 0.227. The number of hydrogen-bond donors (Lipinski definition) is 0. The van der Waals surface area contributed by atoms with Gasteiger partial charge in [-0.2, -0.15) is 0 Å². The minimum absolute atomic E-state index is 0. The van der Waals surface area contributed by atoms with Gasteiger partial charge in [-0.25, -0.2) is 0 Å². The monoisotopic (exact) mass is 1130 g/mol. The van der Waals surface area contributed by atoms with Crippen LogP contribution in [0.1, 0.15) is 519 Å². The van der Waals surface area contributed by atoms with E-state index in [9.17, 15) is 0 Å². The van der Waals surface area contributed by atoms with E-state index in [-0.39, 0.29) is 104 Å². The van der Waals surface area contributed by atoms with Gasteiger partial charge in [0.1, 0.15) is 0 Å². The molecule has 0 aliphatic carbocycles. The van der Waals surface area contributed by atoms with Crippen LogP contribution in [-0.4, -0.2) is 0 Å². The number of rotatable bonds is 0. The molecule has 532 valence electrons. The van der Waals surface area contributed by atoms with Crippen LogP contribution < -0.4 is 0 Å². The van der Waals surface area contributed by atoms with Crippen LogP contribution in [0.5, 0.6) is 0 Å². The predicted molar refractivity (Wildman–Crippen MR) is 435 cm³/mol. The minimum atomic E-state index is 0. The molecule has 0 aromatic heterocycles. The lowest BCUT2D eigenvalue weighted by Gasteiger charge is -1.07. The van der Waals surface area contributed by atoms with Crippen LogP contribution in [-0.2, 0) is 0 Å². The van der Waals surface area contributed by atoms with E-state index in [0.29, 0.717) is 0 Å². The molecule has 0 amide bonds. The molecule has 0 spiro atoms. The molecule has 0 atom stereocenters. The van der Waals surface area contributed by atoms with Crippen molar-refractivity contribution in [3.05, 3.63) is 0 Å². The maximum atomic E-state index is 2.00. The topological polar surface area (TPSA) is 0 Å². The van der Waals surface area contributed by atoms with Gasteiger partial charge in [-0.3, -0.25) is 0 Å². The summed E-state index contributed by atoms with van der Waals surface area (Å²) in [6.45, 7) is 120. The third-order valence-electron chi connectivity index (χ3n) is 0. The first kappa shape index (κ1) is 438. The summed E-state index contributed by atoms with van der Waals surface area (Å²) in [6, 6.07) is 0. The van der Waals surface area contributed by atoms with Crippen molar-refractivity contribution in [2.45, 2.75) is 519 Å². The van der Waals surface area contributed by atoms with Gasteiger partial charge in [-0.15, -0.1) is 0 Å². The van der Waals surface area contributed by atoms with Crippen molar-refractivity contribution < 1.29 is 0 Å². The van der Waals surface area contributed by atoms with E-state index < -0.39 is 0 Å². The van der Waals surface area contributed by atoms with Crippen molar-refractivity contribution in [1.82, 2.24) is 0 Å².